The standard InChI is InChI=1S/C62H88N4OP2.2ClH.Pd/c1-15-63(11,16-2)45-51-25-33-55(34-26-51)68(56-35-27-52(28-36-56)46-64(12,17-3)18-4)61-43-49(9)23-41-59(61)67-60-42-24-50(10)44-62(60)69(57-37-29-53(30-38-57)47-65(13,19-5)20-6)58-39-31-54(32-40-58)48-66(14,21-7)22-8;;;/h23-44H,15-22,45-48H2,1-14H3;2*1H;/q+4;;;+2/p-2. The van der Waals surface area contributed by atoms with Gasteiger partial charge in [-0.15, -0.1) is 0 Å². The van der Waals surface area contributed by atoms with Gasteiger partial charge in [0, 0.05) is 32.9 Å². The fraction of sp³-hybridized carbons (Fsp3) is 0.419. The van der Waals surface area contributed by atoms with Crippen LogP contribution in [0.25, 0.3) is 0 Å². The number of halogens is 2. The summed E-state index contributed by atoms with van der Waals surface area (Å²) in [6.07, 6.45) is 0. The van der Waals surface area contributed by atoms with E-state index < -0.39 is 15.8 Å². The molecule has 0 radical (unpaired) electrons. The summed E-state index contributed by atoms with van der Waals surface area (Å²) >= 11 is -0.106. The number of aryl methyl sites for hydroxylation is 2. The first-order valence-electron chi connectivity index (χ1n) is 26.4. The van der Waals surface area contributed by atoms with Gasteiger partial charge >= 0.3 is 35.0 Å². The Bertz CT molecular complexity index is 2270. The molecule has 0 saturated carbocycles. The van der Waals surface area contributed by atoms with Crippen LogP contribution in [0.15, 0.2) is 133 Å². The Morgan fingerprint density at radius 1 is 0.361 bits per heavy atom. The average Bonchev–Trinajstić information content (AvgIpc) is 3.40. The van der Waals surface area contributed by atoms with Crippen LogP contribution >= 0.6 is 34.9 Å². The van der Waals surface area contributed by atoms with Gasteiger partial charge in [0.1, 0.15) is 37.7 Å². The number of quaternary nitrogens is 4. The normalized spacial score (nSPS) is 12.4. The van der Waals surface area contributed by atoms with Crippen LogP contribution in [0.5, 0.6) is 11.5 Å². The van der Waals surface area contributed by atoms with E-state index in [2.05, 4.69) is 231 Å². The van der Waals surface area contributed by atoms with E-state index in [1.807, 2.05) is 0 Å². The average molecular weight is 1140 g/mol. The van der Waals surface area contributed by atoms with Crippen LogP contribution in [0.3, 0.4) is 0 Å². The second-order valence-electron chi connectivity index (χ2n) is 21.1. The van der Waals surface area contributed by atoms with E-state index in [9.17, 15) is 0 Å². The van der Waals surface area contributed by atoms with Gasteiger partial charge < -0.3 is 22.7 Å². The van der Waals surface area contributed by atoms with E-state index in [0.29, 0.717) is 0 Å². The van der Waals surface area contributed by atoms with Crippen molar-refractivity contribution >= 4 is 66.7 Å². The molecule has 0 heterocycles. The molecule has 72 heavy (non-hydrogen) atoms. The molecule has 0 spiro atoms. The fourth-order valence-electron chi connectivity index (χ4n) is 9.30. The van der Waals surface area contributed by atoms with Gasteiger partial charge in [0.05, 0.1) is 80.5 Å². The first-order chi connectivity index (χ1) is 34.4. The number of ether oxygens (including phenoxy) is 1. The minimum atomic E-state index is -0.973. The molecule has 5 nitrogen and oxygen atoms in total. The van der Waals surface area contributed by atoms with Gasteiger partial charge in [0.15, 0.2) is 0 Å². The van der Waals surface area contributed by atoms with Crippen LogP contribution in [0, 0.1) is 13.8 Å². The molecule has 0 aliphatic heterocycles. The number of rotatable bonds is 24. The van der Waals surface area contributed by atoms with Gasteiger partial charge in [-0.25, -0.2) is 0 Å². The van der Waals surface area contributed by atoms with E-state index in [1.165, 1.54) is 65.2 Å². The topological polar surface area (TPSA) is 9.23 Å². The first-order valence-corrected chi connectivity index (χ1v) is 33.1. The van der Waals surface area contributed by atoms with Gasteiger partial charge in [-0.2, -0.15) is 0 Å². The van der Waals surface area contributed by atoms with Crippen molar-refractivity contribution in [3.05, 3.63) is 167 Å². The summed E-state index contributed by atoms with van der Waals surface area (Å²) in [6.45, 7) is 35.9. The molecular formula is C62H88Cl2N4OP2Pd+4. The van der Waals surface area contributed by atoms with Crippen LogP contribution in [-0.4, -0.2) is 98.5 Å². The second kappa shape index (κ2) is 27.7. The third-order valence-corrected chi connectivity index (χ3v) is 21.0. The Hall–Kier alpha value is -2.94. The Balaban J connectivity index is 0.00000313. The third-order valence-electron chi connectivity index (χ3n) is 16.1. The van der Waals surface area contributed by atoms with Crippen molar-refractivity contribution in [1.82, 2.24) is 0 Å². The van der Waals surface area contributed by atoms with Crippen molar-refractivity contribution in [2.45, 2.75) is 95.4 Å². The van der Waals surface area contributed by atoms with E-state index in [1.54, 1.807) is 0 Å². The molecule has 0 N–H and O–H groups in total. The number of benzene rings is 6. The van der Waals surface area contributed by atoms with E-state index >= 15 is 0 Å². The van der Waals surface area contributed by atoms with Crippen molar-refractivity contribution in [3.8, 4) is 11.5 Å². The molecule has 0 aliphatic rings. The van der Waals surface area contributed by atoms with Crippen molar-refractivity contribution in [2.24, 2.45) is 0 Å². The van der Waals surface area contributed by atoms with Crippen molar-refractivity contribution in [3.63, 3.8) is 0 Å². The summed E-state index contributed by atoms with van der Waals surface area (Å²) < 4.78 is 11.6. The molecule has 392 valence electrons. The summed E-state index contributed by atoms with van der Waals surface area (Å²) in [4.78, 5) is 0. The first kappa shape index (κ1) is 59.9. The molecule has 0 amide bonds. The Morgan fingerprint density at radius 3 is 0.764 bits per heavy atom. The predicted octanol–water partition coefficient (Wildman–Crippen LogP) is 12.9. The molecular weight excluding hydrogens is 1060 g/mol. The number of hydrogen-bond acceptors (Lipinski definition) is 1. The summed E-state index contributed by atoms with van der Waals surface area (Å²) in [7, 11) is 17.2. The van der Waals surface area contributed by atoms with Crippen LogP contribution in [-0.2, 0) is 42.1 Å². The summed E-state index contributed by atoms with van der Waals surface area (Å²) in [5, 5.41) is 7.87. The molecule has 6 aromatic carbocycles. The SMILES string of the molecule is CC[N+](C)(CC)Cc1ccc(P(c2ccc(C[N+](C)(CC)CC)cc2)c2cc(C)ccc2Oc2ccc(C)cc2P(c2ccc(C[N+](C)(CC)CC)cc2)c2ccc(C[N+](C)(CC)CC)cc2)cc1.[Cl][Pd][Cl]. The van der Waals surface area contributed by atoms with E-state index in [-0.39, 0.29) is 15.9 Å². The molecule has 0 bridgehead atoms. The zero-order valence-electron chi connectivity index (χ0n) is 46.4. The molecule has 0 saturated heterocycles. The van der Waals surface area contributed by atoms with Gasteiger partial charge in [-0.1, -0.05) is 120 Å². The molecule has 10 heteroatoms. The molecule has 0 aromatic heterocycles. The van der Waals surface area contributed by atoms with Crippen LogP contribution in [0.4, 0.5) is 0 Å². The van der Waals surface area contributed by atoms with Gasteiger partial charge in [0.2, 0.25) is 0 Å². The van der Waals surface area contributed by atoms with E-state index in [0.717, 1.165) is 108 Å². The number of nitrogens with zero attached hydrogens (tertiary/aromatic N) is 4. The molecule has 0 fully saturated rings. The predicted molar refractivity (Wildman–Crippen MR) is 315 cm³/mol. The minimum absolute atomic E-state index is 0.106. The number of hydrogen-bond donors (Lipinski definition) is 0. The Labute approximate surface area is 456 Å². The van der Waals surface area contributed by atoms with Crippen LogP contribution in [0.1, 0.15) is 88.8 Å². The molecule has 0 atom stereocenters. The molecule has 0 aliphatic carbocycles. The summed E-state index contributed by atoms with van der Waals surface area (Å²) in [5.74, 6) is 1.86. The monoisotopic (exact) mass is 1140 g/mol. The molecule has 6 aromatic rings. The van der Waals surface area contributed by atoms with Gasteiger partial charge in [0.25, 0.3) is 0 Å². The van der Waals surface area contributed by atoms with Crippen molar-refractivity contribution in [2.75, 3.05) is 80.5 Å². The molecule has 0 unspecified atom stereocenters. The maximum absolute atomic E-state index is 7.50. The van der Waals surface area contributed by atoms with E-state index in [4.69, 9.17) is 23.8 Å². The Kier molecular flexibility index (Phi) is 23.1. The quantitative estimate of drug-likeness (QED) is 0.0333. The van der Waals surface area contributed by atoms with Gasteiger partial charge in [-0.05, 0) is 131 Å². The second-order valence-corrected chi connectivity index (χ2v) is 27.8. The maximum atomic E-state index is 7.50. The van der Waals surface area contributed by atoms with Crippen LogP contribution in [0.2, 0.25) is 0 Å². The summed E-state index contributed by atoms with van der Waals surface area (Å²) in [6, 6.07) is 52.1. The molecule has 6 rings (SSSR count). The zero-order chi connectivity index (χ0) is 52.7. The van der Waals surface area contributed by atoms with Crippen molar-refractivity contribution < 1.29 is 38.6 Å². The fourth-order valence-corrected chi connectivity index (χ4v) is 14.1. The van der Waals surface area contributed by atoms with Crippen LogP contribution < -0.4 is 36.6 Å². The van der Waals surface area contributed by atoms with Gasteiger partial charge in [-0.3, -0.25) is 0 Å². The van der Waals surface area contributed by atoms with Crippen molar-refractivity contribution in [1.29, 1.82) is 0 Å². The summed E-state index contributed by atoms with van der Waals surface area (Å²) in [5.41, 5.74) is 8.03. The third kappa shape index (κ3) is 16.0. The Morgan fingerprint density at radius 2 is 0.569 bits per heavy atom. The zero-order valence-corrected chi connectivity index (χ0v) is 51.2.